The highest BCUT2D eigenvalue weighted by molar-refractivity contribution is 6.99. The first-order valence-corrected chi connectivity index (χ1v) is 16.5. The van der Waals surface area contributed by atoms with Crippen molar-refractivity contribution in [2.24, 2.45) is 11.3 Å². The van der Waals surface area contributed by atoms with Crippen molar-refractivity contribution in [2.75, 3.05) is 0 Å². The number of ether oxygens (including phenoxy) is 2. The third-order valence-electron chi connectivity index (χ3n) is 9.99. The number of esters is 1. The van der Waals surface area contributed by atoms with Crippen molar-refractivity contribution < 1.29 is 18.7 Å². The van der Waals surface area contributed by atoms with E-state index in [2.05, 4.69) is 102 Å². The van der Waals surface area contributed by atoms with Gasteiger partial charge in [0.2, 0.25) is 0 Å². The Hall–Kier alpha value is -2.47. The number of benzene rings is 2. The summed E-state index contributed by atoms with van der Waals surface area (Å²) in [5, 5.41) is 2.40. The molecule has 2 fully saturated rings. The quantitative estimate of drug-likeness (QED) is 0.251. The average Bonchev–Trinajstić information content (AvgIpc) is 3.54. The highest BCUT2D eigenvalue weighted by atomic mass is 28.4. The minimum Gasteiger partial charge on any atom is -0.451 e. The van der Waals surface area contributed by atoms with Gasteiger partial charge in [-0.1, -0.05) is 101 Å². The Kier molecular flexibility index (Phi) is 6.37. The van der Waals surface area contributed by atoms with Crippen LogP contribution in [0.15, 0.2) is 84.5 Å². The van der Waals surface area contributed by atoms with Crippen molar-refractivity contribution >= 4 is 24.7 Å². The lowest BCUT2D eigenvalue weighted by atomic mass is 9.60. The number of rotatable bonds is 6. The van der Waals surface area contributed by atoms with Crippen molar-refractivity contribution in [1.29, 1.82) is 0 Å². The van der Waals surface area contributed by atoms with Gasteiger partial charge in [-0.25, -0.2) is 4.79 Å². The van der Waals surface area contributed by atoms with Gasteiger partial charge in [-0.05, 0) is 46.7 Å². The van der Waals surface area contributed by atoms with Gasteiger partial charge in [0.25, 0.3) is 8.32 Å². The molecule has 4 nitrogen and oxygen atoms in total. The van der Waals surface area contributed by atoms with Crippen molar-refractivity contribution in [3.8, 4) is 0 Å². The molecule has 0 aromatic heterocycles. The number of cyclic esters (lactones) is 1. The van der Waals surface area contributed by atoms with E-state index in [1.54, 1.807) is 0 Å². The van der Waals surface area contributed by atoms with Crippen LogP contribution in [0.4, 0.5) is 0 Å². The largest absolute Gasteiger partial charge is 0.451 e. The average molecular weight is 543 g/mol. The standard InChI is InChI=1S/C34H42O4Si/c1-7-28-33(5,6)30-27(22-34(28,37-30)29-25-20-14-15-21-26(25)31(35)36-29)38-39(32(2,3)4,23-16-10-8-11-17-23)24-18-12-9-13-19-24/h7-13,16-19,27-30H,1,14-15,20-22H2,2-6H3/t27-,28-,29-,30-,34+/m0/s1. The first-order valence-electron chi connectivity index (χ1n) is 14.6. The second-order valence-electron chi connectivity index (χ2n) is 13.5. The van der Waals surface area contributed by atoms with Gasteiger partial charge in [0.05, 0.1) is 12.2 Å². The molecule has 0 saturated carbocycles. The molecule has 2 aromatic carbocycles. The van der Waals surface area contributed by atoms with Gasteiger partial charge in [-0.15, -0.1) is 6.58 Å². The highest BCUT2D eigenvalue weighted by Gasteiger charge is 2.72. The fraction of sp³-hybridized carbons (Fsp3) is 0.500. The zero-order valence-corrected chi connectivity index (χ0v) is 25.0. The maximum atomic E-state index is 13.0. The molecule has 0 radical (unpaired) electrons. The molecule has 5 atom stereocenters. The Labute approximate surface area is 234 Å². The summed E-state index contributed by atoms with van der Waals surface area (Å²) in [6, 6.07) is 21.6. The van der Waals surface area contributed by atoms with Crippen LogP contribution in [0.25, 0.3) is 0 Å². The molecule has 2 bridgehead atoms. The lowest BCUT2D eigenvalue weighted by Crippen LogP contribution is -2.69. The van der Waals surface area contributed by atoms with Crippen LogP contribution < -0.4 is 10.4 Å². The van der Waals surface area contributed by atoms with Crippen molar-refractivity contribution in [1.82, 2.24) is 0 Å². The van der Waals surface area contributed by atoms with Crippen molar-refractivity contribution in [2.45, 2.75) is 95.7 Å². The predicted octanol–water partition coefficient (Wildman–Crippen LogP) is 6.10. The van der Waals surface area contributed by atoms with E-state index in [1.165, 1.54) is 15.9 Å². The molecule has 39 heavy (non-hydrogen) atoms. The van der Waals surface area contributed by atoms with Crippen LogP contribution in [0.2, 0.25) is 5.04 Å². The normalized spacial score (nSPS) is 31.8. The Bertz CT molecular complexity index is 1250. The molecular formula is C34H42O4Si. The summed E-state index contributed by atoms with van der Waals surface area (Å²) < 4.78 is 21.0. The smallest absolute Gasteiger partial charge is 0.334 e. The molecular weight excluding hydrogens is 500 g/mol. The maximum Gasteiger partial charge on any atom is 0.334 e. The predicted molar refractivity (Wildman–Crippen MR) is 158 cm³/mol. The SMILES string of the molecule is C=C[C@H]1C(C)(C)[C@H]2O[C@]1([C@H]1OC(=O)C3=C1CCCC3)C[C@@H]2O[Si](c1ccccc1)(c1ccccc1)C(C)(C)C. The van der Waals surface area contributed by atoms with E-state index < -0.39 is 13.9 Å². The summed E-state index contributed by atoms with van der Waals surface area (Å²) >= 11 is 0. The second-order valence-corrected chi connectivity index (χ2v) is 17.8. The molecule has 2 aromatic rings. The third kappa shape index (κ3) is 3.80. The molecule has 1 aliphatic carbocycles. The van der Waals surface area contributed by atoms with E-state index in [4.69, 9.17) is 13.9 Å². The molecule has 0 spiro atoms. The molecule has 4 aliphatic rings. The Morgan fingerprint density at radius 1 is 0.974 bits per heavy atom. The minimum atomic E-state index is -2.79. The summed E-state index contributed by atoms with van der Waals surface area (Å²) in [6.07, 6.45) is 5.98. The van der Waals surface area contributed by atoms with Crippen molar-refractivity contribution in [3.63, 3.8) is 0 Å². The molecule has 2 saturated heterocycles. The van der Waals surface area contributed by atoms with E-state index in [9.17, 15) is 4.79 Å². The van der Waals surface area contributed by atoms with Gasteiger partial charge in [0.1, 0.15) is 5.60 Å². The summed E-state index contributed by atoms with van der Waals surface area (Å²) in [7, 11) is -2.79. The molecule has 6 rings (SSSR count). The topological polar surface area (TPSA) is 44.8 Å². The minimum absolute atomic E-state index is 0.0561. The van der Waals surface area contributed by atoms with E-state index >= 15 is 0 Å². The van der Waals surface area contributed by atoms with Crippen LogP contribution in [-0.4, -0.2) is 38.2 Å². The zero-order chi connectivity index (χ0) is 27.6. The summed E-state index contributed by atoms with van der Waals surface area (Å²) in [5.41, 5.74) is 1.18. The number of fused-ring (bicyclic) bond motifs is 2. The van der Waals surface area contributed by atoms with Crippen LogP contribution >= 0.6 is 0 Å². The molecule has 3 heterocycles. The first-order chi connectivity index (χ1) is 18.6. The van der Waals surface area contributed by atoms with Gasteiger partial charge in [0, 0.05) is 23.3 Å². The number of carbonyl (C=O) groups excluding carboxylic acids is 1. The van der Waals surface area contributed by atoms with Gasteiger partial charge in [-0.3, -0.25) is 0 Å². The van der Waals surface area contributed by atoms with Crippen LogP contribution in [0.3, 0.4) is 0 Å². The van der Waals surface area contributed by atoms with E-state index in [0.717, 1.165) is 31.3 Å². The number of carbonyl (C=O) groups is 1. The second kappa shape index (κ2) is 9.29. The van der Waals surface area contributed by atoms with Crippen LogP contribution in [-0.2, 0) is 18.7 Å². The third-order valence-corrected chi connectivity index (χ3v) is 15.0. The zero-order valence-electron chi connectivity index (χ0n) is 24.0. The number of hydrogen-bond donors (Lipinski definition) is 0. The van der Waals surface area contributed by atoms with Gasteiger partial charge in [0.15, 0.2) is 6.10 Å². The maximum absolute atomic E-state index is 13.0. The summed E-state index contributed by atoms with van der Waals surface area (Å²) in [4.78, 5) is 13.0. The Balaban J connectivity index is 1.47. The lowest BCUT2D eigenvalue weighted by Gasteiger charge is -2.49. The fourth-order valence-electron chi connectivity index (χ4n) is 8.37. The van der Waals surface area contributed by atoms with E-state index in [0.29, 0.717) is 6.42 Å². The van der Waals surface area contributed by atoms with Gasteiger partial charge < -0.3 is 13.9 Å². The molecule has 0 unspecified atom stereocenters. The molecule has 206 valence electrons. The molecule has 3 aliphatic heterocycles. The first kappa shape index (κ1) is 26.7. The Morgan fingerprint density at radius 3 is 2.13 bits per heavy atom. The number of hydrogen-bond acceptors (Lipinski definition) is 4. The molecule has 0 N–H and O–H groups in total. The van der Waals surface area contributed by atoms with Crippen molar-refractivity contribution in [3.05, 3.63) is 84.5 Å². The molecule has 5 heteroatoms. The van der Waals surface area contributed by atoms with E-state index in [1.807, 2.05) is 6.08 Å². The van der Waals surface area contributed by atoms with Gasteiger partial charge in [-0.2, -0.15) is 0 Å². The fourth-order valence-corrected chi connectivity index (χ4v) is 13.0. The summed E-state index contributed by atoms with van der Waals surface area (Å²) in [5.74, 6) is -0.0892. The van der Waals surface area contributed by atoms with Crippen LogP contribution in [0, 0.1) is 11.3 Å². The van der Waals surface area contributed by atoms with Gasteiger partial charge >= 0.3 is 5.97 Å². The monoisotopic (exact) mass is 542 g/mol. The summed E-state index contributed by atoms with van der Waals surface area (Å²) in [6.45, 7) is 15.8. The molecule has 0 amide bonds. The Morgan fingerprint density at radius 2 is 1.56 bits per heavy atom. The lowest BCUT2D eigenvalue weighted by molar-refractivity contribution is -0.153. The van der Waals surface area contributed by atoms with E-state index in [-0.39, 0.29) is 40.7 Å². The van der Waals surface area contributed by atoms with Crippen LogP contribution in [0.1, 0.15) is 66.7 Å². The van der Waals surface area contributed by atoms with Crippen LogP contribution in [0.5, 0.6) is 0 Å². The highest BCUT2D eigenvalue weighted by Crippen LogP contribution is 2.63.